The first-order valence-electron chi connectivity index (χ1n) is 5.59. The van der Waals surface area contributed by atoms with Crippen LogP contribution in [0, 0.1) is 0 Å². The molecule has 2 saturated heterocycles. The zero-order valence-electron chi connectivity index (χ0n) is 10.1. The van der Waals surface area contributed by atoms with E-state index in [4.69, 9.17) is 9.47 Å². The van der Waals surface area contributed by atoms with E-state index < -0.39 is 11.3 Å². The van der Waals surface area contributed by atoms with E-state index >= 15 is 0 Å². The lowest BCUT2D eigenvalue weighted by molar-refractivity contribution is -0.288. The zero-order chi connectivity index (χ0) is 12.7. The number of hydrogen-bond acceptors (Lipinski definition) is 5. The quantitative estimate of drug-likeness (QED) is 0.649. The molecule has 2 rings (SSSR count). The van der Waals surface area contributed by atoms with E-state index in [1.165, 1.54) is 4.90 Å². The molecule has 17 heavy (non-hydrogen) atoms. The third kappa shape index (κ3) is 2.20. The standard InChI is InChI=1S/C11H17NO5/c1-10(2)16-6-11(5-13,7-17-10)12-4-8(14)3-9(12)15/h13H,3-7H2,1-2H3. The zero-order valence-corrected chi connectivity index (χ0v) is 10.1. The van der Waals surface area contributed by atoms with Crippen LogP contribution in [0.1, 0.15) is 20.3 Å². The lowest BCUT2D eigenvalue weighted by Gasteiger charge is -2.46. The summed E-state index contributed by atoms with van der Waals surface area (Å²) in [5.74, 6) is -1.12. The largest absolute Gasteiger partial charge is 0.394 e. The summed E-state index contributed by atoms with van der Waals surface area (Å²) in [7, 11) is 0. The van der Waals surface area contributed by atoms with Crippen molar-refractivity contribution in [1.29, 1.82) is 0 Å². The van der Waals surface area contributed by atoms with Crippen LogP contribution in [0.25, 0.3) is 0 Å². The van der Waals surface area contributed by atoms with Gasteiger partial charge in [-0.05, 0) is 13.8 Å². The molecule has 0 aromatic heterocycles. The number of likely N-dealkylation sites (tertiary alicyclic amines) is 1. The fourth-order valence-electron chi connectivity index (χ4n) is 2.05. The average molecular weight is 243 g/mol. The fraction of sp³-hybridized carbons (Fsp3) is 0.818. The Hall–Kier alpha value is -0.980. The molecule has 6 nitrogen and oxygen atoms in total. The van der Waals surface area contributed by atoms with Crippen LogP contribution >= 0.6 is 0 Å². The Labute approximate surface area is 99.5 Å². The molecule has 0 atom stereocenters. The highest BCUT2D eigenvalue weighted by Crippen LogP contribution is 2.30. The summed E-state index contributed by atoms with van der Waals surface area (Å²) in [4.78, 5) is 24.3. The van der Waals surface area contributed by atoms with Crippen molar-refractivity contribution in [3.63, 3.8) is 0 Å². The van der Waals surface area contributed by atoms with Gasteiger partial charge in [-0.3, -0.25) is 9.59 Å². The van der Waals surface area contributed by atoms with E-state index in [1.54, 1.807) is 13.8 Å². The minimum absolute atomic E-state index is 0.0343. The second-order valence-electron chi connectivity index (χ2n) is 5.05. The van der Waals surface area contributed by atoms with Gasteiger partial charge in [0.25, 0.3) is 0 Å². The molecule has 2 fully saturated rings. The van der Waals surface area contributed by atoms with Crippen LogP contribution in [-0.4, -0.2) is 59.4 Å². The molecule has 96 valence electrons. The van der Waals surface area contributed by atoms with Gasteiger partial charge >= 0.3 is 0 Å². The smallest absolute Gasteiger partial charge is 0.231 e. The third-order valence-electron chi connectivity index (χ3n) is 3.23. The van der Waals surface area contributed by atoms with E-state index in [1.807, 2.05) is 0 Å². The number of ketones is 1. The minimum Gasteiger partial charge on any atom is -0.394 e. The van der Waals surface area contributed by atoms with Crippen molar-refractivity contribution in [2.24, 2.45) is 0 Å². The van der Waals surface area contributed by atoms with Gasteiger partial charge in [0.15, 0.2) is 11.6 Å². The summed E-state index contributed by atoms with van der Waals surface area (Å²) in [6.07, 6.45) is -0.0921. The van der Waals surface area contributed by atoms with Crippen LogP contribution < -0.4 is 0 Å². The molecule has 0 aromatic carbocycles. The molecule has 1 N–H and O–H groups in total. The average Bonchev–Trinajstić information content (AvgIpc) is 2.60. The summed E-state index contributed by atoms with van der Waals surface area (Å²) in [6, 6.07) is 0. The number of hydrogen-bond donors (Lipinski definition) is 1. The second-order valence-corrected chi connectivity index (χ2v) is 5.05. The molecule has 0 aromatic rings. The van der Waals surface area contributed by atoms with Gasteiger partial charge in [-0.2, -0.15) is 0 Å². The van der Waals surface area contributed by atoms with Crippen LogP contribution in [0.5, 0.6) is 0 Å². The van der Waals surface area contributed by atoms with Crippen LogP contribution in [0.15, 0.2) is 0 Å². The maximum absolute atomic E-state index is 11.7. The van der Waals surface area contributed by atoms with Crippen LogP contribution in [0.4, 0.5) is 0 Å². The van der Waals surface area contributed by atoms with Gasteiger partial charge in [-0.25, -0.2) is 0 Å². The van der Waals surface area contributed by atoms with Gasteiger partial charge in [-0.1, -0.05) is 0 Å². The Balaban J connectivity index is 2.16. The van der Waals surface area contributed by atoms with E-state index in [-0.39, 0.29) is 44.5 Å². The molecular formula is C11H17NO5. The Morgan fingerprint density at radius 1 is 1.29 bits per heavy atom. The lowest BCUT2D eigenvalue weighted by Crippen LogP contribution is -2.63. The van der Waals surface area contributed by atoms with Gasteiger partial charge in [0.2, 0.25) is 5.91 Å². The number of carbonyl (C=O) groups is 2. The van der Waals surface area contributed by atoms with Crippen molar-refractivity contribution < 1.29 is 24.2 Å². The van der Waals surface area contributed by atoms with Crippen molar-refractivity contribution >= 4 is 11.7 Å². The Kier molecular flexibility index (Phi) is 2.97. The first-order valence-corrected chi connectivity index (χ1v) is 5.59. The van der Waals surface area contributed by atoms with Gasteiger partial charge in [0.1, 0.15) is 5.54 Å². The lowest BCUT2D eigenvalue weighted by atomic mass is 9.99. The summed E-state index contributed by atoms with van der Waals surface area (Å²) >= 11 is 0. The molecule has 6 heteroatoms. The summed E-state index contributed by atoms with van der Waals surface area (Å²) in [6.45, 7) is 3.65. The molecule has 2 aliphatic rings. The maximum atomic E-state index is 11.7. The van der Waals surface area contributed by atoms with E-state index in [9.17, 15) is 14.7 Å². The van der Waals surface area contributed by atoms with Crippen LogP contribution in [0.2, 0.25) is 0 Å². The second kappa shape index (κ2) is 4.04. The monoisotopic (exact) mass is 243 g/mol. The molecule has 0 saturated carbocycles. The van der Waals surface area contributed by atoms with Gasteiger partial charge in [-0.15, -0.1) is 0 Å². The summed E-state index contributed by atoms with van der Waals surface area (Å²) in [5.41, 5.74) is -0.918. The number of aliphatic hydroxyl groups is 1. The van der Waals surface area contributed by atoms with Crippen molar-refractivity contribution in [3.8, 4) is 0 Å². The number of aliphatic hydroxyl groups excluding tert-OH is 1. The maximum Gasteiger partial charge on any atom is 0.231 e. The van der Waals surface area contributed by atoms with Crippen molar-refractivity contribution in [1.82, 2.24) is 4.90 Å². The molecule has 0 radical (unpaired) electrons. The predicted molar refractivity (Wildman–Crippen MR) is 57.1 cm³/mol. The first-order chi connectivity index (χ1) is 7.88. The molecule has 2 aliphatic heterocycles. The summed E-state index contributed by atoms with van der Waals surface area (Å²) in [5, 5.41) is 9.51. The third-order valence-corrected chi connectivity index (χ3v) is 3.23. The van der Waals surface area contributed by atoms with E-state index in [2.05, 4.69) is 0 Å². The van der Waals surface area contributed by atoms with Crippen molar-refractivity contribution in [3.05, 3.63) is 0 Å². The number of amides is 1. The molecule has 1 amide bonds. The van der Waals surface area contributed by atoms with Crippen LogP contribution in [-0.2, 0) is 19.1 Å². The van der Waals surface area contributed by atoms with Crippen molar-refractivity contribution in [2.75, 3.05) is 26.4 Å². The van der Waals surface area contributed by atoms with Crippen molar-refractivity contribution in [2.45, 2.75) is 31.6 Å². The number of rotatable bonds is 2. The molecule has 0 unspecified atom stereocenters. The Bertz CT molecular complexity index is 342. The number of carbonyl (C=O) groups excluding carboxylic acids is 2. The first kappa shape index (κ1) is 12.5. The molecule has 2 heterocycles. The minimum atomic E-state index is -0.918. The predicted octanol–water partition coefficient (Wildman–Crippen LogP) is -0.698. The molecular weight excluding hydrogens is 226 g/mol. The highest BCUT2D eigenvalue weighted by atomic mass is 16.7. The van der Waals surface area contributed by atoms with Crippen LogP contribution in [0.3, 0.4) is 0 Å². The van der Waals surface area contributed by atoms with Gasteiger partial charge in [0, 0.05) is 0 Å². The molecule has 0 spiro atoms. The fourth-order valence-corrected chi connectivity index (χ4v) is 2.05. The number of Topliss-reactive ketones (excluding diaryl/α,β-unsaturated/α-hetero) is 1. The van der Waals surface area contributed by atoms with E-state index in [0.29, 0.717) is 0 Å². The molecule has 0 bridgehead atoms. The molecule has 0 aliphatic carbocycles. The normalized spacial score (nSPS) is 27.6. The number of nitrogens with zero attached hydrogens (tertiary/aromatic N) is 1. The highest BCUT2D eigenvalue weighted by Gasteiger charge is 2.48. The van der Waals surface area contributed by atoms with Gasteiger partial charge in [0.05, 0.1) is 32.8 Å². The Morgan fingerprint density at radius 2 is 1.88 bits per heavy atom. The highest BCUT2D eigenvalue weighted by molar-refractivity contribution is 6.05. The number of ether oxygens (including phenoxy) is 2. The van der Waals surface area contributed by atoms with Gasteiger partial charge < -0.3 is 19.5 Å². The SMILES string of the molecule is CC1(C)OCC(CO)(N2CC(=O)CC2=O)CO1. The van der Waals surface area contributed by atoms with E-state index in [0.717, 1.165) is 0 Å². The topological polar surface area (TPSA) is 76.1 Å². The summed E-state index contributed by atoms with van der Waals surface area (Å²) < 4.78 is 11.0. The Morgan fingerprint density at radius 3 is 2.29 bits per heavy atom.